The summed E-state index contributed by atoms with van der Waals surface area (Å²) in [6, 6.07) is 23.1. The second-order valence-corrected chi connectivity index (χ2v) is 5.48. The van der Waals surface area contributed by atoms with Crippen molar-refractivity contribution in [1.29, 1.82) is 5.26 Å². The predicted molar refractivity (Wildman–Crippen MR) is 93.5 cm³/mol. The van der Waals surface area contributed by atoms with Gasteiger partial charge in [-0.2, -0.15) is 5.26 Å². The lowest BCUT2D eigenvalue weighted by molar-refractivity contribution is 0.483. The number of furan rings is 1. The summed E-state index contributed by atoms with van der Waals surface area (Å²) >= 11 is 0. The topological polar surface area (TPSA) is 57.2 Å². The number of phenolic OH excluding ortho intramolecular Hbond substituents is 1. The van der Waals surface area contributed by atoms with Gasteiger partial charge in [0, 0.05) is 11.1 Å². The highest BCUT2D eigenvalue weighted by Crippen LogP contribution is 2.46. The van der Waals surface area contributed by atoms with E-state index in [2.05, 4.69) is 6.07 Å². The summed E-state index contributed by atoms with van der Waals surface area (Å²) in [7, 11) is 0. The molecule has 3 nitrogen and oxygen atoms in total. The first kappa shape index (κ1) is 14.1. The summed E-state index contributed by atoms with van der Waals surface area (Å²) < 4.78 is 5.49. The fraction of sp³-hybridized carbons (Fsp3) is 0. The fourth-order valence-electron chi connectivity index (χ4n) is 3.07. The number of nitriles is 1. The molecule has 0 spiro atoms. The molecule has 0 aliphatic carbocycles. The largest absolute Gasteiger partial charge is 0.507 e. The first-order valence-electron chi connectivity index (χ1n) is 7.58. The molecule has 24 heavy (non-hydrogen) atoms. The van der Waals surface area contributed by atoms with Crippen LogP contribution in [0.25, 0.3) is 33.2 Å². The van der Waals surface area contributed by atoms with E-state index in [0.717, 1.165) is 11.1 Å². The maximum Gasteiger partial charge on any atom is 0.156 e. The number of benzene rings is 3. The normalized spacial score (nSPS) is 10.6. The van der Waals surface area contributed by atoms with Crippen LogP contribution in [0.3, 0.4) is 0 Å². The number of fused-ring (bicyclic) bond motifs is 1. The van der Waals surface area contributed by atoms with Crippen LogP contribution in [0.1, 0.15) is 5.56 Å². The van der Waals surface area contributed by atoms with Gasteiger partial charge in [0.25, 0.3) is 0 Å². The van der Waals surface area contributed by atoms with Crippen molar-refractivity contribution >= 4 is 11.0 Å². The minimum Gasteiger partial charge on any atom is -0.507 e. The first-order chi connectivity index (χ1) is 11.8. The molecule has 1 N–H and O–H groups in total. The molecule has 0 radical (unpaired) electrons. The van der Waals surface area contributed by atoms with E-state index in [1.807, 2.05) is 60.7 Å². The number of phenols is 1. The van der Waals surface area contributed by atoms with Crippen molar-refractivity contribution in [3.8, 4) is 34.1 Å². The van der Waals surface area contributed by atoms with Crippen molar-refractivity contribution in [2.75, 3.05) is 0 Å². The van der Waals surface area contributed by atoms with Gasteiger partial charge in [0.2, 0.25) is 0 Å². The second kappa shape index (κ2) is 5.60. The molecule has 0 saturated heterocycles. The molecular formula is C21H13NO2. The standard InChI is InChI=1S/C21H13NO2/c22-13-17-18(14-7-3-1-4-8-14)19(15-9-5-2-6-10-15)20(23)16-11-12-24-21(16)17/h1-12,23H. The van der Waals surface area contributed by atoms with Crippen molar-refractivity contribution in [2.45, 2.75) is 0 Å². The van der Waals surface area contributed by atoms with Gasteiger partial charge in [0.15, 0.2) is 5.58 Å². The van der Waals surface area contributed by atoms with Crippen LogP contribution in [-0.2, 0) is 0 Å². The maximum atomic E-state index is 10.9. The Bertz CT molecular complexity index is 1060. The van der Waals surface area contributed by atoms with Crippen LogP contribution in [0.15, 0.2) is 77.4 Å². The van der Waals surface area contributed by atoms with Gasteiger partial charge in [0.1, 0.15) is 17.4 Å². The lowest BCUT2D eigenvalue weighted by Gasteiger charge is -2.15. The Labute approximate surface area is 139 Å². The van der Waals surface area contributed by atoms with Gasteiger partial charge < -0.3 is 9.52 Å². The van der Waals surface area contributed by atoms with Crippen LogP contribution in [0.5, 0.6) is 5.75 Å². The van der Waals surface area contributed by atoms with Crippen molar-refractivity contribution in [3.63, 3.8) is 0 Å². The Morgan fingerprint density at radius 1 is 0.792 bits per heavy atom. The van der Waals surface area contributed by atoms with E-state index in [9.17, 15) is 10.4 Å². The minimum absolute atomic E-state index is 0.128. The Balaban J connectivity index is 2.21. The molecule has 3 heteroatoms. The van der Waals surface area contributed by atoms with Gasteiger partial charge in [0.05, 0.1) is 11.6 Å². The molecule has 4 aromatic rings. The van der Waals surface area contributed by atoms with E-state index in [4.69, 9.17) is 4.42 Å². The molecule has 0 amide bonds. The van der Waals surface area contributed by atoms with Crippen LogP contribution < -0.4 is 0 Å². The van der Waals surface area contributed by atoms with Crippen molar-refractivity contribution in [2.24, 2.45) is 0 Å². The molecule has 1 heterocycles. The maximum absolute atomic E-state index is 10.9. The molecule has 0 aliphatic heterocycles. The Hall–Kier alpha value is -3.51. The molecular weight excluding hydrogens is 298 g/mol. The van der Waals surface area contributed by atoms with Gasteiger partial charge in [-0.3, -0.25) is 0 Å². The molecule has 0 bridgehead atoms. The molecule has 0 aliphatic rings. The van der Waals surface area contributed by atoms with Crippen molar-refractivity contribution in [3.05, 3.63) is 78.6 Å². The van der Waals surface area contributed by atoms with Crippen molar-refractivity contribution in [1.82, 2.24) is 0 Å². The minimum atomic E-state index is 0.128. The zero-order valence-electron chi connectivity index (χ0n) is 12.7. The van der Waals surface area contributed by atoms with Gasteiger partial charge in [-0.25, -0.2) is 0 Å². The van der Waals surface area contributed by atoms with Crippen LogP contribution >= 0.6 is 0 Å². The highest BCUT2D eigenvalue weighted by Gasteiger charge is 2.23. The number of hydrogen-bond donors (Lipinski definition) is 1. The van der Waals surface area contributed by atoms with Crippen molar-refractivity contribution < 1.29 is 9.52 Å². The van der Waals surface area contributed by atoms with Gasteiger partial charge in [-0.15, -0.1) is 0 Å². The summed E-state index contributed by atoms with van der Waals surface area (Å²) in [5, 5.41) is 21.2. The van der Waals surface area contributed by atoms with E-state index < -0.39 is 0 Å². The van der Waals surface area contributed by atoms with E-state index in [1.165, 1.54) is 6.26 Å². The molecule has 0 fully saturated rings. The third-order valence-corrected chi connectivity index (χ3v) is 4.12. The first-order valence-corrected chi connectivity index (χ1v) is 7.58. The summed E-state index contributed by atoms with van der Waals surface area (Å²) in [5.74, 6) is 0.128. The number of aromatic hydroxyl groups is 1. The smallest absolute Gasteiger partial charge is 0.156 e. The monoisotopic (exact) mass is 311 g/mol. The molecule has 3 aromatic carbocycles. The Kier molecular flexibility index (Phi) is 3.29. The number of rotatable bonds is 2. The van der Waals surface area contributed by atoms with E-state index in [-0.39, 0.29) is 5.75 Å². The highest BCUT2D eigenvalue weighted by molar-refractivity contribution is 6.04. The Morgan fingerprint density at radius 2 is 1.38 bits per heavy atom. The second-order valence-electron chi connectivity index (χ2n) is 5.48. The fourth-order valence-corrected chi connectivity index (χ4v) is 3.07. The quantitative estimate of drug-likeness (QED) is 0.543. The molecule has 1 aromatic heterocycles. The van der Waals surface area contributed by atoms with Gasteiger partial charge in [-0.05, 0) is 17.2 Å². The SMILES string of the molecule is N#Cc1c(-c2ccccc2)c(-c2ccccc2)c(O)c2ccoc12. The molecule has 0 atom stereocenters. The van der Waals surface area contributed by atoms with E-state index in [0.29, 0.717) is 27.7 Å². The van der Waals surface area contributed by atoms with Crippen LogP contribution in [0.2, 0.25) is 0 Å². The zero-order valence-corrected chi connectivity index (χ0v) is 12.7. The van der Waals surface area contributed by atoms with E-state index >= 15 is 0 Å². The van der Waals surface area contributed by atoms with Crippen LogP contribution in [0, 0.1) is 11.3 Å². The number of nitrogens with zero attached hydrogens (tertiary/aromatic N) is 1. The average Bonchev–Trinajstić information content (AvgIpc) is 3.13. The lowest BCUT2D eigenvalue weighted by atomic mass is 9.88. The molecule has 114 valence electrons. The molecule has 0 unspecified atom stereocenters. The summed E-state index contributed by atoms with van der Waals surface area (Å²) in [6.07, 6.45) is 1.49. The van der Waals surface area contributed by atoms with Gasteiger partial charge in [-0.1, -0.05) is 60.7 Å². The van der Waals surface area contributed by atoms with Crippen LogP contribution in [-0.4, -0.2) is 5.11 Å². The zero-order chi connectivity index (χ0) is 16.5. The van der Waals surface area contributed by atoms with E-state index in [1.54, 1.807) is 6.07 Å². The average molecular weight is 311 g/mol. The Morgan fingerprint density at radius 3 is 1.96 bits per heavy atom. The summed E-state index contributed by atoms with van der Waals surface area (Å²) in [5.41, 5.74) is 3.89. The lowest BCUT2D eigenvalue weighted by Crippen LogP contribution is -1.92. The summed E-state index contributed by atoms with van der Waals surface area (Å²) in [6.45, 7) is 0. The van der Waals surface area contributed by atoms with Gasteiger partial charge >= 0.3 is 0 Å². The van der Waals surface area contributed by atoms with Crippen LogP contribution in [0.4, 0.5) is 0 Å². The predicted octanol–water partition coefficient (Wildman–Crippen LogP) is 5.34. The molecule has 0 saturated carbocycles. The third-order valence-electron chi connectivity index (χ3n) is 4.12. The number of hydrogen-bond acceptors (Lipinski definition) is 3. The summed E-state index contributed by atoms with van der Waals surface area (Å²) in [4.78, 5) is 0. The highest BCUT2D eigenvalue weighted by atomic mass is 16.3. The third kappa shape index (κ3) is 2.05. The molecule has 4 rings (SSSR count).